The molecule has 17 heavy (non-hydrogen) atoms. The third-order valence-electron chi connectivity index (χ3n) is 2.82. The Kier molecular flexibility index (Phi) is 4.71. The van der Waals surface area contributed by atoms with Gasteiger partial charge < -0.3 is 11.1 Å². The van der Waals surface area contributed by atoms with Crippen LogP contribution in [-0.2, 0) is 4.79 Å². The summed E-state index contributed by atoms with van der Waals surface area (Å²) in [6.07, 6.45) is 0.675. The number of aryl methyl sites for hydroxylation is 1. The van der Waals surface area contributed by atoms with Crippen molar-refractivity contribution in [3.63, 3.8) is 0 Å². The SMILES string of the molecule is Cc1cc(Br)ccc1NC(=O)C(C)(C)CCN. The highest BCUT2D eigenvalue weighted by Gasteiger charge is 2.26. The first kappa shape index (κ1) is 14.2. The Bertz CT molecular complexity index is 416. The summed E-state index contributed by atoms with van der Waals surface area (Å²) in [6, 6.07) is 5.79. The van der Waals surface area contributed by atoms with E-state index in [1.165, 1.54) is 0 Å². The Hall–Kier alpha value is -0.870. The molecule has 0 unspecified atom stereocenters. The zero-order valence-electron chi connectivity index (χ0n) is 10.5. The molecule has 0 radical (unpaired) electrons. The summed E-state index contributed by atoms with van der Waals surface area (Å²) in [5.41, 5.74) is 6.96. The Morgan fingerprint density at radius 1 is 1.47 bits per heavy atom. The van der Waals surface area contributed by atoms with Crippen LogP contribution in [0.4, 0.5) is 5.69 Å². The first-order chi connectivity index (χ1) is 7.86. The molecule has 0 aliphatic carbocycles. The summed E-state index contributed by atoms with van der Waals surface area (Å²) in [5, 5.41) is 2.95. The van der Waals surface area contributed by atoms with Crippen molar-refractivity contribution < 1.29 is 4.79 Å². The van der Waals surface area contributed by atoms with E-state index in [1.54, 1.807) is 0 Å². The van der Waals surface area contributed by atoms with Gasteiger partial charge in [-0.1, -0.05) is 29.8 Å². The quantitative estimate of drug-likeness (QED) is 0.897. The minimum absolute atomic E-state index is 0.00775. The Morgan fingerprint density at radius 2 is 2.12 bits per heavy atom. The van der Waals surface area contributed by atoms with Gasteiger partial charge >= 0.3 is 0 Å². The second kappa shape index (κ2) is 5.65. The van der Waals surface area contributed by atoms with Crippen LogP contribution in [0.25, 0.3) is 0 Å². The molecule has 1 aromatic carbocycles. The van der Waals surface area contributed by atoms with Crippen molar-refractivity contribution in [2.24, 2.45) is 11.1 Å². The van der Waals surface area contributed by atoms with E-state index in [0.717, 1.165) is 15.7 Å². The zero-order chi connectivity index (χ0) is 13.1. The van der Waals surface area contributed by atoms with Crippen LogP contribution in [0.1, 0.15) is 25.8 Å². The smallest absolute Gasteiger partial charge is 0.230 e. The van der Waals surface area contributed by atoms with Crippen LogP contribution in [-0.4, -0.2) is 12.5 Å². The molecule has 0 atom stereocenters. The topological polar surface area (TPSA) is 55.1 Å². The predicted molar refractivity (Wildman–Crippen MR) is 75.0 cm³/mol. The van der Waals surface area contributed by atoms with Gasteiger partial charge in [0.25, 0.3) is 0 Å². The highest BCUT2D eigenvalue weighted by Crippen LogP contribution is 2.25. The van der Waals surface area contributed by atoms with E-state index in [9.17, 15) is 4.79 Å². The Labute approximate surface area is 111 Å². The molecule has 0 heterocycles. The lowest BCUT2D eigenvalue weighted by Crippen LogP contribution is -2.32. The molecular formula is C13H19BrN2O. The maximum absolute atomic E-state index is 12.1. The van der Waals surface area contributed by atoms with Crippen LogP contribution < -0.4 is 11.1 Å². The van der Waals surface area contributed by atoms with Gasteiger partial charge in [0, 0.05) is 15.6 Å². The number of hydrogen-bond donors (Lipinski definition) is 2. The van der Waals surface area contributed by atoms with Crippen molar-refractivity contribution >= 4 is 27.5 Å². The van der Waals surface area contributed by atoms with Gasteiger partial charge in [-0.25, -0.2) is 0 Å². The molecule has 0 aromatic heterocycles. The van der Waals surface area contributed by atoms with Crippen LogP contribution in [0, 0.1) is 12.3 Å². The van der Waals surface area contributed by atoms with Gasteiger partial charge in [-0.15, -0.1) is 0 Å². The molecule has 1 aromatic rings. The number of halogens is 1. The van der Waals surface area contributed by atoms with Gasteiger partial charge in [-0.05, 0) is 43.7 Å². The molecule has 0 aliphatic rings. The number of carbonyl (C=O) groups excluding carboxylic acids is 1. The number of nitrogens with two attached hydrogens (primary N) is 1. The van der Waals surface area contributed by atoms with Crippen LogP contribution in [0.15, 0.2) is 22.7 Å². The fourth-order valence-electron chi connectivity index (χ4n) is 1.53. The fraction of sp³-hybridized carbons (Fsp3) is 0.462. The molecule has 0 fully saturated rings. The second-order valence-electron chi connectivity index (χ2n) is 4.84. The van der Waals surface area contributed by atoms with Crippen LogP contribution in [0.2, 0.25) is 0 Å². The molecule has 0 saturated heterocycles. The van der Waals surface area contributed by atoms with Gasteiger partial charge in [0.2, 0.25) is 5.91 Å². The lowest BCUT2D eigenvalue weighted by atomic mass is 9.88. The van der Waals surface area contributed by atoms with Crippen molar-refractivity contribution in [2.75, 3.05) is 11.9 Å². The largest absolute Gasteiger partial charge is 0.330 e. The minimum Gasteiger partial charge on any atom is -0.330 e. The third-order valence-corrected chi connectivity index (χ3v) is 3.31. The molecule has 1 rings (SSSR count). The number of rotatable bonds is 4. The highest BCUT2D eigenvalue weighted by atomic mass is 79.9. The van der Waals surface area contributed by atoms with E-state index in [4.69, 9.17) is 5.73 Å². The lowest BCUT2D eigenvalue weighted by Gasteiger charge is -2.23. The van der Waals surface area contributed by atoms with Crippen molar-refractivity contribution in [2.45, 2.75) is 27.2 Å². The fourth-order valence-corrected chi connectivity index (χ4v) is 2.01. The maximum atomic E-state index is 12.1. The molecular weight excluding hydrogens is 280 g/mol. The number of hydrogen-bond acceptors (Lipinski definition) is 2. The first-order valence-corrected chi connectivity index (χ1v) is 6.44. The van der Waals surface area contributed by atoms with Crippen LogP contribution >= 0.6 is 15.9 Å². The van der Waals surface area contributed by atoms with E-state index in [0.29, 0.717) is 13.0 Å². The summed E-state index contributed by atoms with van der Waals surface area (Å²) >= 11 is 3.40. The molecule has 3 nitrogen and oxygen atoms in total. The van der Waals surface area contributed by atoms with E-state index >= 15 is 0 Å². The summed E-state index contributed by atoms with van der Waals surface area (Å²) in [6.45, 7) is 6.29. The number of benzene rings is 1. The molecule has 1 amide bonds. The molecule has 94 valence electrons. The lowest BCUT2D eigenvalue weighted by molar-refractivity contribution is -0.124. The normalized spacial score (nSPS) is 11.4. The average Bonchev–Trinajstić information content (AvgIpc) is 2.22. The summed E-state index contributed by atoms with van der Waals surface area (Å²) in [7, 11) is 0. The van der Waals surface area contributed by atoms with Gasteiger partial charge in [-0.2, -0.15) is 0 Å². The maximum Gasteiger partial charge on any atom is 0.230 e. The predicted octanol–water partition coefficient (Wildman–Crippen LogP) is 3.07. The van der Waals surface area contributed by atoms with E-state index in [1.807, 2.05) is 39.0 Å². The number of anilines is 1. The van der Waals surface area contributed by atoms with Crippen molar-refractivity contribution in [3.8, 4) is 0 Å². The Balaban J connectivity index is 2.81. The third kappa shape index (κ3) is 3.82. The van der Waals surface area contributed by atoms with Gasteiger partial charge in [0.15, 0.2) is 0 Å². The standard InChI is InChI=1S/C13H19BrN2O/c1-9-8-10(14)4-5-11(9)16-12(17)13(2,3)6-7-15/h4-5,8H,6-7,15H2,1-3H3,(H,16,17). The van der Waals surface area contributed by atoms with E-state index in [2.05, 4.69) is 21.2 Å². The van der Waals surface area contributed by atoms with Crippen LogP contribution in [0.3, 0.4) is 0 Å². The molecule has 0 aliphatic heterocycles. The second-order valence-corrected chi connectivity index (χ2v) is 5.75. The molecule has 0 saturated carbocycles. The summed E-state index contributed by atoms with van der Waals surface area (Å²) in [5.74, 6) is 0.00775. The molecule has 3 N–H and O–H groups in total. The average molecular weight is 299 g/mol. The Morgan fingerprint density at radius 3 is 2.65 bits per heavy atom. The number of amides is 1. The number of nitrogens with one attached hydrogen (secondary N) is 1. The molecule has 0 spiro atoms. The van der Waals surface area contributed by atoms with Gasteiger partial charge in [0.05, 0.1) is 0 Å². The summed E-state index contributed by atoms with van der Waals surface area (Å²) in [4.78, 5) is 12.1. The van der Waals surface area contributed by atoms with Crippen molar-refractivity contribution in [3.05, 3.63) is 28.2 Å². The van der Waals surface area contributed by atoms with Gasteiger partial charge in [0.1, 0.15) is 0 Å². The van der Waals surface area contributed by atoms with Crippen molar-refractivity contribution in [1.29, 1.82) is 0 Å². The van der Waals surface area contributed by atoms with Crippen LogP contribution in [0.5, 0.6) is 0 Å². The molecule has 4 heteroatoms. The van der Waals surface area contributed by atoms with E-state index < -0.39 is 5.41 Å². The molecule has 0 bridgehead atoms. The number of carbonyl (C=O) groups is 1. The van der Waals surface area contributed by atoms with E-state index in [-0.39, 0.29) is 5.91 Å². The van der Waals surface area contributed by atoms with Gasteiger partial charge in [-0.3, -0.25) is 4.79 Å². The summed E-state index contributed by atoms with van der Waals surface area (Å²) < 4.78 is 1.01. The monoisotopic (exact) mass is 298 g/mol. The zero-order valence-corrected chi connectivity index (χ0v) is 12.1. The minimum atomic E-state index is -0.436. The first-order valence-electron chi connectivity index (χ1n) is 5.64. The highest BCUT2D eigenvalue weighted by molar-refractivity contribution is 9.10. The van der Waals surface area contributed by atoms with Crippen molar-refractivity contribution in [1.82, 2.24) is 0 Å².